The first-order valence-electron chi connectivity index (χ1n) is 8.20. The molecule has 0 saturated carbocycles. The Morgan fingerprint density at radius 2 is 1.68 bits per heavy atom. The van der Waals surface area contributed by atoms with Gasteiger partial charge >= 0.3 is 0 Å². The number of hydrogen-bond acceptors (Lipinski definition) is 2. The summed E-state index contributed by atoms with van der Waals surface area (Å²) in [6, 6.07) is 20.3. The molecule has 140 valence electrons. The molecule has 0 amide bonds. The zero-order chi connectivity index (χ0) is 20.1. The Kier molecular flexibility index (Phi) is 7.04. The summed E-state index contributed by atoms with van der Waals surface area (Å²) in [7, 11) is 0. The summed E-state index contributed by atoms with van der Waals surface area (Å²) in [5.41, 5.74) is 3.07. The number of ether oxygens (including phenoxy) is 1. The van der Waals surface area contributed by atoms with Gasteiger partial charge in [-0.05, 0) is 69.5 Å². The van der Waals surface area contributed by atoms with Crippen LogP contribution in [0, 0.1) is 11.3 Å². The SMILES string of the molecule is N#C/C(=C/c1ccc(OCc2ccc(Cl)cc2Cl)c(Br)c1)c1ccc(Cl)cc1. The number of hydrogen-bond donors (Lipinski definition) is 0. The van der Waals surface area contributed by atoms with Crippen LogP contribution in [0.25, 0.3) is 11.6 Å². The third-order valence-corrected chi connectivity index (χ3v) is 5.40. The van der Waals surface area contributed by atoms with Crippen molar-refractivity contribution in [2.45, 2.75) is 6.61 Å². The van der Waals surface area contributed by atoms with Crippen LogP contribution in [0.4, 0.5) is 0 Å². The van der Waals surface area contributed by atoms with Crippen molar-refractivity contribution >= 4 is 62.4 Å². The molecular formula is C22H13BrCl3NO. The van der Waals surface area contributed by atoms with E-state index < -0.39 is 0 Å². The second-order valence-corrected chi connectivity index (χ2v) is 8.03. The van der Waals surface area contributed by atoms with E-state index in [1.54, 1.807) is 24.3 Å². The molecular weight excluding hydrogens is 481 g/mol. The maximum Gasteiger partial charge on any atom is 0.134 e. The van der Waals surface area contributed by atoms with Crippen molar-refractivity contribution in [1.29, 1.82) is 5.26 Å². The molecule has 0 fully saturated rings. The summed E-state index contributed by atoms with van der Waals surface area (Å²) in [6.45, 7) is 0.317. The molecule has 0 heterocycles. The fourth-order valence-electron chi connectivity index (χ4n) is 2.49. The Balaban J connectivity index is 1.78. The molecule has 0 aliphatic carbocycles. The predicted molar refractivity (Wildman–Crippen MR) is 120 cm³/mol. The standard InChI is InChI=1S/C22H13BrCl3NO/c23-20-10-14(9-17(12-27)15-2-5-18(24)6-3-15)1-8-22(20)28-13-16-4-7-19(25)11-21(16)26/h1-11H,13H2/b17-9-. The van der Waals surface area contributed by atoms with E-state index in [4.69, 9.17) is 39.5 Å². The van der Waals surface area contributed by atoms with Crippen LogP contribution in [-0.4, -0.2) is 0 Å². The van der Waals surface area contributed by atoms with Gasteiger partial charge in [0.1, 0.15) is 12.4 Å². The first-order valence-corrected chi connectivity index (χ1v) is 10.1. The maximum atomic E-state index is 9.48. The molecule has 3 rings (SSSR count). The normalized spacial score (nSPS) is 11.2. The summed E-state index contributed by atoms with van der Waals surface area (Å²) in [5.74, 6) is 0.674. The smallest absolute Gasteiger partial charge is 0.134 e. The zero-order valence-electron chi connectivity index (χ0n) is 14.4. The van der Waals surface area contributed by atoms with Crippen molar-refractivity contribution in [2.24, 2.45) is 0 Å². The van der Waals surface area contributed by atoms with Crippen LogP contribution in [0.5, 0.6) is 5.75 Å². The van der Waals surface area contributed by atoms with E-state index in [0.29, 0.717) is 33.0 Å². The molecule has 0 N–H and O–H groups in total. The van der Waals surface area contributed by atoms with E-state index in [-0.39, 0.29) is 0 Å². The van der Waals surface area contributed by atoms with E-state index in [1.165, 1.54) is 0 Å². The van der Waals surface area contributed by atoms with Crippen molar-refractivity contribution in [2.75, 3.05) is 0 Å². The summed E-state index contributed by atoms with van der Waals surface area (Å²) in [4.78, 5) is 0. The maximum absolute atomic E-state index is 9.48. The van der Waals surface area contributed by atoms with E-state index >= 15 is 0 Å². The third-order valence-electron chi connectivity index (χ3n) is 3.94. The molecule has 28 heavy (non-hydrogen) atoms. The van der Waals surface area contributed by atoms with Crippen LogP contribution < -0.4 is 4.74 Å². The van der Waals surface area contributed by atoms with E-state index in [0.717, 1.165) is 21.2 Å². The lowest BCUT2D eigenvalue weighted by Gasteiger charge is -2.10. The molecule has 2 nitrogen and oxygen atoms in total. The van der Waals surface area contributed by atoms with Crippen molar-refractivity contribution in [3.8, 4) is 11.8 Å². The summed E-state index contributed by atoms with van der Waals surface area (Å²) in [5, 5.41) is 11.3. The highest BCUT2D eigenvalue weighted by Crippen LogP contribution is 2.30. The fourth-order valence-corrected chi connectivity index (χ4v) is 3.59. The number of nitrogens with zero attached hydrogens (tertiary/aromatic N) is 1. The van der Waals surface area contributed by atoms with Crippen LogP contribution in [0.3, 0.4) is 0 Å². The van der Waals surface area contributed by atoms with Crippen LogP contribution in [0.2, 0.25) is 15.1 Å². The third kappa shape index (κ3) is 5.31. The van der Waals surface area contributed by atoms with Gasteiger partial charge in [0.05, 0.1) is 16.1 Å². The van der Waals surface area contributed by atoms with Gasteiger partial charge in [-0.25, -0.2) is 0 Å². The molecule has 0 saturated heterocycles. The van der Waals surface area contributed by atoms with Crippen molar-refractivity contribution in [1.82, 2.24) is 0 Å². The van der Waals surface area contributed by atoms with E-state index in [2.05, 4.69) is 22.0 Å². The second-order valence-electron chi connectivity index (χ2n) is 5.89. The van der Waals surface area contributed by atoms with Gasteiger partial charge in [-0.1, -0.05) is 59.1 Å². The Labute approximate surface area is 187 Å². The van der Waals surface area contributed by atoms with Gasteiger partial charge in [0.15, 0.2) is 0 Å². The zero-order valence-corrected chi connectivity index (χ0v) is 18.3. The average molecular weight is 494 g/mol. The molecule has 0 unspecified atom stereocenters. The highest BCUT2D eigenvalue weighted by molar-refractivity contribution is 9.10. The van der Waals surface area contributed by atoms with Crippen molar-refractivity contribution < 1.29 is 4.74 Å². The number of allylic oxidation sites excluding steroid dienone is 1. The molecule has 0 aromatic heterocycles. The lowest BCUT2D eigenvalue weighted by molar-refractivity contribution is 0.304. The minimum absolute atomic E-state index is 0.317. The average Bonchev–Trinajstić information content (AvgIpc) is 2.67. The number of rotatable bonds is 5. The van der Waals surface area contributed by atoms with E-state index in [9.17, 15) is 5.26 Å². The molecule has 0 spiro atoms. The number of benzene rings is 3. The molecule has 0 aliphatic rings. The van der Waals surface area contributed by atoms with Gasteiger partial charge in [-0.2, -0.15) is 5.26 Å². The molecule has 3 aromatic carbocycles. The summed E-state index contributed by atoms with van der Waals surface area (Å²) >= 11 is 21.5. The molecule has 0 bridgehead atoms. The largest absolute Gasteiger partial charge is 0.488 e. The van der Waals surface area contributed by atoms with E-state index in [1.807, 2.05) is 42.5 Å². The summed E-state index contributed by atoms with van der Waals surface area (Å²) < 4.78 is 6.63. The van der Waals surface area contributed by atoms with Crippen LogP contribution in [0.1, 0.15) is 16.7 Å². The topological polar surface area (TPSA) is 33.0 Å². The molecule has 0 aliphatic heterocycles. The fraction of sp³-hybridized carbons (Fsp3) is 0.0455. The highest BCUT2D eigenvalue weighted by atomic mass is 79.9. The Morgan fingerprint density at radius 1 is 0.964 bits per heavy atom. The Bertz CT molecular complexity index is 1070. The van der Waals surface area contributed by atoms with Gasteiger partial charge in [0, 0.05) is 20.6 Å². The Morgan fingerprint density at radius 3 is 2.32 bits per heavy atom. The second kappa shape index (κ2) is 9.49. The van der Waals surface area contributed by atoms with Gasteiger partial charge in [-0.15, -0.1) is 0 Å². The van der Waals surface area contributed by atoms with Gasteiger partial charge < -0.3 is 4.74 Å². The minimum Gasteiger partial charge on any atom is -0.488 e. The minimum atomic E-state index is 0.317. The molecule has 3 aromatic rings. The van der Waals surface area contributed by atoms with Crippen LogP contribution in [0.15, 0.2) is 65.1 Å². The predicted octanol–water partition coefficient (Wildman–Crippen LogP) is 8.05. The van der Waals surface area contributed by atoms with Gasteiger partial charge in [-0.3, -0.25) is 0 Å². The lowest BCUT2D eigenvalue weighted by Crippen LogP contribution is -1.97. The monoisotopic (exact) mass is 491 g/mol. The first-order chi connectivity index (χ1) is 13.5. The van der Waals surface area contributed by atoms with Crippen molar-refractivity contribution in [3.05, 3.63) is 96.9 Å². The molecule has 6 heteroatoms. The molecule has 0 atom stereocenters. The quantitative estimate of drug-likeness (QED) is 0.266. The van der Waals surface area contributed by atoms with Crippen LogP contribution >= 0.6 is 50.7 Å². The lowest BCUT2D eigenvalue weighted by atomic mass is 10.0. The first kappa shape index (κ1) is 20.8. The summed E-state index contributed by atoms with van der Waals surface area (Å²) in [6.07, 6.45) is 1.81. The number of nitriles is 1. The number of halogens is 4. The van der Waals surface area contributed by atoms with Gasteiger partial charge in [0.25, 0.3) is 0 Å². The molecule has 0 radical (unpaired) electrons. The van der Waals surface area contributed by atoms with Gasteiger partial charge in [0.2, 0.25) is 0 Å². The van der Waals surface area contributed by atoms with Crippen LogP contribution in [-0.2, 0) is 6.61 Å². The van der Waals surface area contributed by atoms with Crippen molar-refractivity contribution in [3.63, 3.8) is 0 Å². The Hall–Kier alpha value is -1.96. The highest BCUT2D eigenvalue weighted by Gasteiger charge is 2.07.